The van der Waals surface area contributed by atoms with Crippen LogP contribution in [0.1, 0.15) is 98.3 Å². The van der Waals surface area contributed by atoms with Crippen LogP contribution in [0.15, 0.2) is 0 Å². The van der Waals surface area contributed by atoms with Crippen LogP contribution in [-0.2, 0) is 0 Å². The topological polar surface area (TPSA) is 0 Å². The molecule has 0 aliphatic rings. The van der Waals surface area contributed by atoms with Gasteiger partial charge in [0.05, 0.1) is 0 Å². The minimum atomic E-state index is 0.986. The Balaban J connectivity index is 3.49. The Morgan fingerprint density at radius 1 is 0.529 bits per heavy atom. The second-order valence-corrected chi connectivity index (χ2v) is 5.65. The summed E-state index contributed by atoms with van der Waals surface area (Å²) in [5.41, 5.74) is 0. The molecule has 0 amide bonds. The van der Waals surface area contributed by atoms with Crippen LogP contribution in [0.4, 0.5) is 0 Å². The predicted molar refractivity (Wildman–Crippen MR) is 80.5 cm³/mol. The van der Waals surface area contributed by atoms with E-state index in [9.17, 15) is 0 Å². The van der Waals surface area contributed by atoms with E-state index in [2.05, 4.69) is 27.7 Å². The molecular formula is C17H36. The molecule has 0 fully saturated rings. The largest absolute Gasteiger partial charge is 0.0654 e. The summed E-state index contributed by atoms with van der Waals surface area (Å²) in [6.45, 7) is 9.40. The molecule has 0 saturated heterocycles. The quantitative estimate of drug-likeness (QED) is 0.338. The van der Waals surface area contributed by atoms with Crippen molar-refractivity contribution in [1.29, 1.82) is 0 Å². The number of unbranched alkanes of at least 4 members (excludes halogenated alkanes) is 6. The van der Waals surface area contributed by atoms with Gasteiger partial charge in [0.25, 0.3) is 0 Å². The molecule has 1 atom stereocenters. The zero-order valence-corrected chi connectivity index (χ0v) is 12.9. The maximum atomic E-state index is 2.38. The van der Waals surface area contributed by atoms with Crippen molar-refractivity contribution < 1.29 is 0 Å². The molecule has 0 rings (SSSR count). The number of hydrogen-bond acceptors (Lipinski definition) is 0. The molecule has 0 radical (unpaired) electrons. The van der Waals surface area contributed by atoms with Crippen LogP contribution < -0.4 is 0 Å². The zero-order valence-electron chi connectivity index (χ0n) is 12.9. The van der Waals surface area contributed by atoms with Crippen LogP contribution in [0.3, 0.4) is 0 Å². The molecule has 0 N–H and O–H groups in total. The summed E-state index contributed by atoms with van der Waals surface area (Å²) in [5, 5.41) is 0. The highest BCUT2D eigenvalue weighted by atomic mass is 14.2. The third kappa shape index (κ3) is 8.69. The van der Waals surface area contributed by atoms with Crippen molar-refractivity contribution in [3.05, 3.63) is 0 Å². The Hall–Kier alpha value is 0. The third-order valence-corrected chi connectivity index (χ3v) is 4.42. The summed E-state index contributed by atoms with van der Waals surface area (Å²) >= 11 is 0. The van der Waals surface area contributed by atoms with E-state index in [1.54, 1.807) is 0 Å². The average molecular weight is 240 g/mol. The van der Waals surface area contributed by atoms with Gasteiger partial charge in [-0.05, 0) is 11.8 Å². The second-order valence-electron chi connectivity index (χ2n) is 5.65. The van der Waals surface area contributed by atoms with Crippen molar-refractivity contribution in [2.75, 3.05) is 0 Å². The Kier molecular flexibility index (Phi) is 12.5. The molecule has 0 aromatic rings. The first-order chi connectivity index (χ1) is 8.29. The van der Waals surface area contributed by atoms with Gasteiger partial charge in [-0.3, -0.25) is 0 Å². The number of rotatable bonds is 12. The highest BCUT2D eigenvalue weighted by Gasteiger charge is 2.15. The second kappa shape index (κ2) is 12.5. The lowest BCUT2D eigenvalue weighted by molar-refractivity contribution is 0.278. The highest BCUT2D eigenvalue weighted by Crippen LogP contribution is 2.27. The molecule has 0 saturated carbocycles. The molecule has 0 aliphatic heterocycles. The summed E-state index contributed by atoms with van der Waals surface area (Å²) in [6, 6.07) is 0. The van der Waals surface area contributed by atoms with Gasteiger partial charge in [-0.15, -0.1) is 0 Å². The lowest BCUT2D eigenvalue weighted by atomic mass is 9.82. The summed E-state index contributed by atoms with van der Waals surface area (Å²) in [7, 11) is 0. The molecular weight excluding hydrogens is 204 g/mol. The number of hydrogen-bond donors (Lipinski definition) is 0. The fraction of sp³-hybridized carbons (Fsp3) is 1.00. The smallest absolute Gasteiger partial charge is 0.0389 e. The predicted octanol–water partition coefficient (Wildman–Crippen LogP) is 6.59. The van der Waals surface area contributed by atoms with Crippen molar-refractivity contribution in [2.24, 2.45) is 11.8 Å². The lowest BCUT2D eigenvalue weighted by Crippen LogP contribution is -2.12. The lowest BCUT2D eigenvalue weighted by Gasteiger charge is -2.24. The van der Waals surface area contributed by atoms with Crippen LogP contribution in [-0.4, -0.2) is 0 Å². The Bertz CT molecular complexity index is 135. The summed E-state index contributed by atoms with van der Waals surface area (Å²) in [4.78, 5) is 0. The molecule has 1 unspecified atom stereocenters. The van der Waals surface area contributed by atoms with E-state index in [0.29, 0.717) is 0 Å². The monoisotopic (exact) mass is 240 g/mol. The Labute approximate surface area is 111 Å². The molecule has 0 heterocycles. The fourth-order valence-electron chi connectivity index (χ4n) is 3.09. The van der Waals surface area contributed by atoms with E-state index < -0.39 is 0 Å². The normalized spacial score (nSPS) is 13.2. The molecule has 0 aromatic heterocycles. The molecule has 0 bridgehead atoms. The molecule has 0 aliphatic carbocycles. The summed E-state index contributed by atoms with van der Waals surface area (Å²) in [5.74, 6) is 1.99. The molecule has 0 nitrogen and oxygen atoms in total. The van der Waals surface area contributed by atoms with E-state index in [1.807, 2.05) is 0 Å². The van der Waals surface area contributed by atoms with E-state index in [4.69, 9.17) is 0 Å². The Morgan fingerprint density at radius 3 is 1.47 bits per heavy atom. The first-order valence-electron chi connectivity index (χ1n) is 8.29. The highest BCUT2D eigenvalue weighted by molar-refractivity contribution is 4.67. The molecule has 0 aromatic carbocycles. The van der Waals surface area contributed by atoms with Gasteiger partial charge >= 0.3 is 0 Å². The van der Waals surface area contributed by atoms with E-state index in [0.717, 1.165) is 11.8 Å². The van der Waals surface area contributed by atoms with Gasteiger partial charge < -0.3 is 0 Å². The van der Waals surface area contributed by atoms with Crippen LogP contribution in [0, 0.1) is 11.8 Å². The van der Waals surface area contributed by atoms with Crippen LogP contribution in [0.25, 0.3) is 0 Å². The maximum absolute atomic E-state index is 2.38. The zero-order chi connectivity index (χ0) is 12.9. The van der Waals surface area contributed by atoms with Gasteiger partial charge in [-0.2, -0.15) is 0 Å². The van der Waals surface area contributed by atoms with Crippen LogP contribution in [0.2, 0.25) is 0 Å². The van der Waals surface area contributed by atoms with E-state index in [-0.39, 0.29) is 0 Å². The minimum Gasteiger partial charge on any atom is -0.0654 e. The maximum Gasteiger partial charge on any atom is -0.0389 e. The van der Waals surface area contributed by atoms with Gasteiger partial charge in [0.15, 0.2) is 0 Å². The standard InChI is InChI=1S/C17H36/c1-5-9-10-11-12-13-14-15-17(8-4)16(6-2)7-3/h16-17H,5-15H2,1-4H3. The Morgan fingerprint density at radius 2 is 1.00 bits per heavy atom. The minimum absolute atomic E-state index is 0.986. The average Bonchev–Trinajstić information content (AvgIpc) is 2.36. The van der Waals surface area contributed by atoms with E-state index >= 15 is 0 Å². The molecule has 0 spiro atoms. The van der Waals surface area contributed by atoms with Gasteiger partial charge in [0, 0.05) is 0 Å². The van der Waals surface area contributed by atoms with Crippen molar-refractivity contribution in [1.82, 2.24) is 0 Å². The summed E-state index contributed by atoms with van der Waals surface area (Å²) in [6.07, 6.45) is 15.8. The SMILES string of the molecule is CCCCCCCCCC(CC)C(CC)CC. The van der Waals surface area contributed by atoms with Crippen LogP contribution >= 0.6 is 0 Å². The van der Waals surface area contributed by atoms with Crippen molar-refractivity contribution in [3.63, 3.8) is 0 Å². The van der Waals surface area contributed by atoms with Gasteiger partial charge in [-0.25, -0.2) is 0 Å². The van der Waals surface area contributed by atoms with Crippen molar-refractivity contribution in [2.45, 2.75) is 98.3 Å². The van der Waals surface area contributed by atoms with Crippen molar-refractivity contribution >= 4 is 0 Å². The van der Waals surface area contributed by atoms with Gasteiger partial charge in [0.1, 0.15) is 0 Å². The van der Waals surface area contributed by atoms with Gasteiger partial charge in [0.2, 0.25) is 0 Å². The molecule has 17 heavy (non-hydrogen) atoms. The first kappa shape index (κ1) is 17.0. The molecule has 104 valence electrons. The van der Waals surface area contributed by atoms with E-state index in [1.165, 1.54) is 70.6 Å². The van der Waals surface area contributed by atoms with Crippen LogP contribution in [0.5, 0.6) is 0 Å². The summed E-state index contributed by atoms with van der Waals surface area (Å²) < 4.78 is 0. The third-order valence-electron chi connectivity index (χ3n) is 4.42. The molecule has 0 heteroatoms. The first-order valence-corrected chi connectivity index (χ1v) is 8.29. The fourth-order valence-corrected chi connectivity index (χ4v) is 3.09. The van der Waals surface area contributed by atoms with Gasteiger partial charge in [-0.1, -0.05) is 98.3 Å². The van der Waals surface area contributed by atoms with Crippen molar-refractivity contribution in [3.8, 4) is 0 Å².